The molecule has 2 aromatic heterocycles. The number of carbonyl (C=O) groups excluding carboxylic acids is 1. The van der Waals surface area contributed by atoms with Crippen LogP contribution in [0.3, 0.4) is 0 Å². The number of nitrogens with zero attached hydrogens (tertiary/aromatic N) is 1. The Hall–Kier alpha value is -2.57. The maximum atomic E-state index is 12.0. The molecular formula is C17H15ClN2O4. The first-order valence-corrected chi connectivity index (χ1v) is 7.73. The average molecular weight is 347 g/mol. The maximum Gasteiger partial charge on any atom is 0.273 e. The normalized spacial score (nSPS) is 12.1. The highest BCUT2D eigenvalue weighted by molar-refractivity contribution is 6.30. The average Bonchev–Trinajstić information content (AvgIpc) is 3.25. The second kappa shape index (κ2) is 7.33. The number of furan rings is 1. The number of amides is 1. The minimum Gasteiger partial charge on any atom is -0.461 e. The molecule has 0 fully saturated rings. The van der Waals surface area contributed by atoms with Crippen LogP contribution in [0.4, 0.5) is 0 Å². The molecule has 0 aliphatic rings. The maximum absolute atomic E-state index is 12.0. The van der Waals surface area contributed by atoms with Crippen molar-refractivity contribution in [3.63, 3.8) is 0 Å². The van der Waals surface area contributed by atoms with Crippen molar-refractivity contribution in [2.45, 2.75) is 12.5 Å². The minimum atomic E-state index is -0.708. The van der Waals surface area contributed by atoms with Gasteiger partial charge in [0.15, 0.2) is 11.5 Å². The summed E-state index contributed by atoms with van der Waals surface area (Å²) in [6, 6.07) is 11.9. The number of hydrogen-bond donors (Lipinski definition) is 2. The second-order valence-corrected chi connectivity index (χ2v) is 5.61. The number of aromatic nitrogens is 1. The van der Waals surface area contributed by atoms with Gasteiger partial charge in [0.25, 0.3) is 5.91 Å². The molecule has 0 aliphatic heterocycles. The van der Waals surface area contributed by atoms with Crippen molar-refractivity contribution in [3.8, 4) is 11.5 Å². The van der Waals surface area contributed by atoms with Gasteiger partial charge in [-0.05, 0) is 36.2 Å². The van der Waals surface area contributed by atoms with Crippen molar-refractivity contribution in [2.24, 2.45) is 0 Å². The van der Waals surface area contributed by atoms with E-state index in [9.17, 15) is 9.90 Å². The van der Waals surface area contributed by atoms with Crippen LogP contribution in [0.1, 0.15) is 28.6 Å². The highest BCUT2D eigenvalue weighted by atomic mass is 35.5. The van der Waals surface area contributed by atoms with Crippen molar-refractivity contribution >= 4 is 17.5 Å². The van der Waals surface area contributed by atoms with Gasteiger partial charge in [0.2, 0.25) is 5.76 Å². The molecule has 124 valence electrons. The molecular weight excluding hydrogens is 332 g/mol. The first-order chi connectivity index (χ1) is 11.6. The van der Waals surface area contributed by atoms with Crippen LogP contribution < -0.4 is 5.32 Å². The van der Waals surface area contributed by atoms with Crippen molar-refractivity contribution in [1.29, 1.82) is 0 Å². The van der Waals surface area contributed by atoms with Gasteiger partial charge in [-0.3, -0.25) is 4.79 Å². The lowest BCUT2D eigenvalue weighted by Crippen LogP contribution is -2.25. The van der Waals surface area contributed by atoms with Crippen molar-refractivity contribution < 1.29 is 18.8 Å². The fourth-order valence-electron chi connectivity index (χ4n) is 2.21. The molecule has 1 amide bonds. The fraction of sp³-hybridized carbons (Fsp3) is 0.176. The zero-order valence-corrected chi connectivity index (χ0v) is 13.4. The molecule has 1 aromatic carbocycles. The van der Waals surface area contributed by atoms with Crippen molar-refractivity contribution in [2.75, 3.05) is 6.54 Å². The van der Waals surface area contributed by atoms with Crippen LogP contribution >= 0.6 is 11.6 Å². The summed E-state index contributed by atoms with van der Waals surface area (Å²) in [7, 11) is 0. The summed E-state index contributed by atoms with van der Waals surface area (Å²) in [5, 5.41) is 17.1. The first-order valence-electron chi connectivity index (χ1n) is 7.36. The summed E-state index contributed by atoms with van der Waals surface area (Å²) >= 11 is 5.89. The Kier molecular flexibility index (Phi) is 4.98. The highest BCUT2D eigenvalue weighted by Crippen LogP contribution is 2.21. The van der Waals surface area contributed by atoms with Gasteiger partial charge in [0.05, 0.1) is 12.4 Å². The lowest BCUT2D eigenvalue weighted by atomic mass is 10.1. The number of carbonyl (C=O) groups is 1. The van der Waals surface area contributed by atoms with E-state index >= 15 is 0 Å². The first kappa shape index (κ1) is 16.3. The summed E-state index contributed by atoms with van der Waals surface area (Å²) in [6.45, 7) is 0.287. The Morgan fingerprint density at radius 1 is 1.25 bits per heavy atom. The predicted molar refractivity (Wildman–Crippen MR) is 87.6 cm³/mol. The lowest BCUT2D eigenvalue weighted by molar-refractivity contribution is 0.0933. The van der Waals surface area contributed by atoms with Gasteiger partial charge in [0.1, 0.15) is 0 Å². The van der Waals surface area contributed by atoms with Crippen LogP contribution in [-0.2, 0) is 0 Å². The fourth-order valence-corrected chi connectivity index (χ4v) is 2.41. The molecule has 3 aromatic rings. The molecule has 0 radical (unpaired) electrons. The number of nitrogens with one attached hydrogen (secondary N) is 1. The molecule has 2 heterocycles. The molecule has 6 nitrogen and oxygen atoms in total. The van der Waals surface area contributed by atoms with Gasteiger partial charge in [-0.25, -0.2) is 0 Å². The number of rotatable bonds is 6. The molecule has 0 saturated heterocycles. The Labute approximate surface area is 143 Å². The molecule has 0 aliphatic carbocycles. The van der Waals surface area contributed by atoms with Gasteiger partial charge < -0.3 is 19.4 Å². The van der Waals surface area contributed by atoms with Crippen LogP contribution in [0.5, 0.6) is 0 Å². The largest absolute Gasteiger partial charge is 0.461 e. The molecule has 2 N–H and O–H groups in total. The van der Waals surface area contributed by atoms with Crippen LogP contribution in [0.25, 0.3) is 11.5 Å². The summed E-state index contributed by atoms with van der Waals surface area (Å²) < 4.78 is 10.2. The van der Waals surface area contributed by atoms with E-state index in [1.807, 2.05) is 0 Å². The Morgan fingerprint density at radius 3 is 2.88 bits per heavy atom. The monoisotopic (exact) mass is 346 g/mol. The predicted octanol–water partition coefficient (Wildman–Crippen LogP) is 3.44. The highest BCUT2D eigenvalue weighted by Gasteiger charge is 2.15. The van der Waals surface area contributed by atoms with E-state index in [1.165, 1.54) is 12.3 Å². The summed E-state index contributed by atoms with van der Waals surface area (Å²) in [4.78, 5) is 12.0. The lowest BCUT2D eigenvalue weighted by Gasteiger charge is -2.11. The van der Waals surface area contributed by atoms with Gasteiger partial charge in [-0.2, -0.15) is 0 Å². The third-order valence-corrected chi connectivity index (χ3v) is 3.68. The third-order valence-electron chi connectivity index (χ3n) is 3.44. The molecule has 24 heavy (non-hydrogen) atoms. The molecule has 0 saturated carbocycles. The van der Waals surface area contributed by atoms with E-state index in [1.54, 1.807) is 36.4 Å². The molecule has 0 spiro atoms. The van der Waals surface area contributed by atoms with E-state index in [0.717, 1.165) is 0 Å². The summed E-state index contributed by atoms with van der Waals surface area (Å²) in [5.74, 6) is 0.497. The minimum absolute atomic E-state index is 0.152. The number of benzene rings is 1. The molecule has 7 heteroatoms. The molecule has 1 atom stereocenters. The van der Waals surface area contributed by atoms with Crippen molar-refractivity contribution in [1.82, 2.24) is 10.5 Å². The number of hydrogen-bond acceptors (Lipinski definition) is 5. The van der Waals surface area contributed by atoms with E-state index in [2.05, 4.69) is 10.5 Å². The smallest absolute Gasteiger partial charge is 0.273 e. The second-order valence-electron chi connectivity index (χ2n) is 5.17. The van der Waals surface area contributed by atoms with Gasteiger partial charge in [-0.1, -0.05) is 28.9 Å². The number of aliphatic hydroxyl groups excluding tert-OH is 1. The van der Waals surface area contributed by atoms with Gasteiger partial charge in [-0.15, -0.1) is 0 Å². The van der Waals surface area contributed by atoms with E-state index in [0.29, 0.717) is 28.5 Å². The number of halogens is 1. The quantitative estimate of drug-likeness (QED) is 0.713. The Balaban J connectivity index is 1.52. The molecule has 3 rings (SSSR count). The van der Waals surface area contributed by atoms with Crippen LogP contribution in [0.2, 0.25) is 5.02 Å². The van der Waals surface area contributed by atoms with E-state index in [4.69, 9.17) is 20.5 Å². The topological polar surface area (TPSA) is 88.5 Å². The zero-order chi connectivity index (χ0) is 16.9. The summed E-state index contributed by atoms with van der Waals surface area (Å²) in [6.07, 6.45) is 1.16. The molecule has 0 bridgehead atoms. The Bertz CT molecular complexity index is 814. The third kappa shape index (κ3) is 3.84. The standard InChI is InChI=1S/C17H15ClN2O4/c18-12-4-1-3-11(9-12)14(21)6-7-19-17(22)13-10-16(24-20-13)15-5-2-8-23-15/h1-5,8-10,14,21H,6-7H2,(H,19,22)/t14-/m0/s1. The van der Waals surface area contributed by atoms with Crippen LogP contribution in [0.15, 0.2) is 57.7 Å². The molecule has 0 unspecified atom stereocenters. The summed E-state index contributed by atoms with van der Waals surface area (Å²) in [5.41, 5.74) is 0.858. The van der Waals surface area contributed by atoms with E-state index < -0.39 is 6.10 Å². The SMILES string of the molecule is O=C(NCC[C@H](O)c1cccc(Cl)c1)c1cc(-c2ccco2)on1. The van der Waals surface area contributed by atoms with E-state index in [-0.39, 0.29) is 18.1 Å². The zero-order valence-electron chi connectivity index (χ0n) is 12.6. The number of aliphatic hydroxyl groups is 1. The van der Waals surface area contributed by atoms with Crippen LogP contribution in [0, 0.1) is 0 Å². The van der Waals surface area contributed by atoms with Gasteiger partial charge >= 0.3 is 0 Å². The Morgan fingerprint density at radius 2 is 2.12 bits per heavy atom. The van der Waals surface area contributed by atoms with Gasteiger partial charge in [0, 0.05) is 17.6 Å². The van der Waals surface area contributed by atoms with Crippen LogP contribution in [-0.4, -0.2) is 22.7 Å². The van der Waals surface area contributed by atoms with Crippen molar-refractivity contribution in [3.05, 3.63) is 65.0 Å².